The van der Waals surface area contributed by atoms with Gasteiger partial charge in [-0.25, -0.2) is 0 Å². The van der Waals surface area contributed by atoms with E-state index < -0.39 is 8.07 Å². The molecule has 0 saturated heterocycles. The predicted octanol–water partition coefficient (Wildman–Crippen LogP) is 14.3. The Morgan fingerprint density at radius 3 is 1.44 bits per heavy atom. The Morgan fingerprint density at radius 1 is 0.525 bits per heavy atom. The molecule has 0 atom stereocenters. The molecule has 1 aliphatic rings. The second kappa shape index (κ2) is 17.2. The van der Waals surface area contributed by atoms with Crippen LogP contribution in [0.15, 0.2) is 158 Å². The van der Waals surface area contributed by atoms with Crippen molar-refractivity contribution in [2.24, 2.45) is 0 Å². The maximum absolute atomic E-state index is 9.52. The smallest absolute Gasteiger partial charge is 0.0991 e. The van der Waals surface area contributed by atoms with E-state index in [1.54, 1.807) is 0 Å². The van der Waals surface area contributed by atoms with Crippen LogP contribution in [0.1, 0.15) is 52.8 Å². The molecule has 0 unspecified atom stereocenters. The number of hydrogen-bond acceptors (Lipinski definition) is 5. The van der Waals surface area contributed by atoms with E-state index in [0.717, 1.165) is 57.4 Å². The second-order valence-corrected chi connectivity index (χ2v) is 23.3. The van der Waals surface area contributed by atoms with Crippen molar-refractivity contribution in [3.63, 3.8) is 0 Å². The normalized spacial score (nSPS) is 12.7. The predicted molar refractivity (Wildman–Crippen MR) is 263 cm³/mol. The number of aryl methyl sites for hydroxylation is 1. The minimum Gasteiger partial charge on any atom is -0.311 e. The highest BCUT2D eigenvalue weighted by Crippen LogP contribution is 2.51. The highest BCUT2D eigenvalue weighted by atomic mass is 32.2. The van der Waals surface area contributed by atoms with Crippen molar-refractivity contribution < 1.29 is 0 Å². The van der Waals surface area contributed by atoms with E-state index >= 15 is 0 Å². The summed E-state index contributed by atoms with van der Waals surface area (Å²) in [5, 5.41) is 20.4. The third kappa shape index (κ3) is 8.57. The van der Waals surface area contributed by atoms with Gasteiger partial charge in [-0.2, -0.15) is 22.3 Å². The van der Waals surface area contributed by atoms with E-state index in [4.69, 9.17) is 0 Å². The zero-order valence-electron chi connectivity index (χ0n) is 35.8. The summed E-state index contributed by atoms with van der Waals surface area (Å²) in [5.74, 6) is 1.10. The molecule has 4 nitrogen and oxygen atoms in total. The van der Waals surface area contributed by atoms with Crippen molar-refractivity contribution in [1.82, 2.24) is 0 Å². The van der Waals surface area contributed by atoms with E-state index in [-0.39, 0.29) is 5.41 Å². The maximum Gasteiger partial charge on any atom is 0.0991 e. The summed E-state index contributed by atoms with van der Waals surface area (Å²) in [4.78, 5) is 4.55. The minimum atomic E-state index is -1.45. The highest BCUT2D eigenvalue weighted by molar-refractivity contribution is 7.98. The van der Waals surface area contributed by atoms with Crippen molar-refractivity contribution in [3.8, 4) is 23.3 Å². The lowest BCUT2D eigenvalue weighted by atomic mass is 9.81. The molecular formula is C55H50N4SSi. The van der Waals surface area contributed by atoms with Crippen LogP contribution in [0.2, 0.25) is 19.6 Å². The third-order valence-electron chi connectivity index (χ3n) is 11.9. The first-order chi connectivity index (χ1) is 29.5. The van der Waals surface area contributed by atoms with E-state index in [0.29, 0.717) is 11.1 Å². The summed E-state index contributed by atoms with van der Waals surface area (Å²) in [6, 6.07) is 60.4. The molecule has 1 aliphatic carbocycles. The van der Waals surface area contributed by atoms with Gasteiger partial charge in [0.05, 0.1) is 31.3 Å². The summed E-state index contributed by atoms with van der Waals surface area (Å²) in [6.45, 7) is 11.8. The first kappa shape index (κ1) is 41.2. The Morgan fingerprint density at radius 2 is 0.934 bits per heavy atom. The van der Waals surface area contributed by atoms with Gasteiger partial charge in [-0.05, 0) is 154 Å². The second-order valence-electron chi connectivity index (χ2n) is 17.3. The average Bonchev–Trinajstić information content (AvgIpc) is 3.51. The first-order valence-electron chi connectivity index (χ1n) is 20.8. The molecule has 0 amide bonds. The monoisotopic (exact) mass is 826 g/mol. The van der Waals surface area contributed by atoms with E-state index in [1.165, 1.54) is 33.0 Å². The lowest BCUT2D eigenvalue weighted by Crippen LogP contribution is -2.37. The standard InChI is InChI=1S/C55H50N4SSi/c1-55(2)53-35-41(8-7-39-9-18-44(19-10-39)58(45-22-13-42(37-56)14-23-45)48-26-29-50(30-27-48)61(4,5)6)17-31-51(53)52-32-28-49(36-54(52)55)59(47-24-15-43(38-57)16-25-47)46-20-11-40(12-21-46)33-34-60-3/h7-32,35-36H,33-34H2,1-6H3/b8-7+. The zero-order valence-corrected chi connectivity index (χ0v) is 37.6. The number of nitriles is 2. The molecule has 7 aromatic rings. The molecule has 0 saturated carbocycles. The van der Waals surface area contributed by atoms with Crippen LogP contribution in [0.25, 0.3) is 23.3 Å². The Kier molecular flexibility index (Phi) is 11.6. The van der Waals surface area contributed by atoms with Gasteiger partial charge in [0.25, 0.3) is 0 Å². The number of benzene rings is 7. The van der Waals surface area contributed by atoms with Gasteiger partial charge in [0.1, 0.15) is 0 Å². The van der Waals surface area contributed by atoms with Crippen LogP contribution in [0.4, 0.5) is 34.1 Å². The van der Waals surface area contributed by atoms with Crippen molar-refractivity contribution in [2.75, 3.05) is 21.8 Å². The Balaban J connectivity index is 1.06. The van der Waals surface area contributed by atoms with Crippen LogP contribution in [-0.4, -0.2) is 20.1 Å². The SMILES string of the molecule is CSCCc1ccc(N(c2ccc(C#N)cc2)c2ccc3c(c2)C(C)(C)c2cc(/C=C/c4ccc(N(c5ccc(C#N)cc5)c5ccc([Si](C)(C)C)cc5)cc4)ccc2-3)cc1. The molecule has 6 heteroatoms. The molecule has 0 heterocycles. The van der Waals surface area contributed by atoms with Crippen LogP contribution in [0, 0.1) is 22.7 Å². The van der Waals surface area contributed by atoms with Gasteiger partial charge in [0.15, 0.2) is 0 Å². The Hall–Kier alpha value is -6.57. The molecule has 0 N–H and O–H groups in total. The topological polar surface area (TPSA) is 54.1 Å². The Labute approximate surface area is 367 Å². The highest BCUT2D eigenvalue weighted by Gasteiger charge is 2.36. The van der Waals surface area contributed by atoms with Crippen molar-refractivity contribution in [3.05, 3.63) is 197 Å². The molecule has 61 heavy (non-hydrogen) atoms. The van der Waals surface area contributed by atoms with Gasteiger partial charge < -0.3 is 9.80 Å². The number of nitrogens with zero attached hydrogens (tertiary/aromatic N) is 4. The summed E-state index contributed by atoms with van der Waals surface area (Å²) in [5.41, 5.74) is 16.2. The fourth-order valence-corrected chi connectivity index (χ4v) is 9.93. The molecular weight excluding hydrogens is 777 g/mol. The molecule has 8 rings (SSSR count). The van der Waals surface area contributed by atoms with Gasteiger partial charge in [0, 0.05) is 39.5 Å². The first-order valence-corrected chi connectivity index (χ1v) is 25.7. The van der Waals surface area contributed by atoms with Gasteiger partial charge >= 0.3 is 0 Å². The average molecular weight is 827 g/mol. The largest absolute Gasteiger partial charge is 0.311 e. The van der Waals surface area contributed by atoms with Crippen LogP contribution in [0.5, 0.6) is 0 Å². The Bertz CT molecular complexity index is 2790. The van der Waals surface area contributed by atoms with Crippen molar-refractivity contribution in [1.29, 1.82) is 10.5 Å². The van der Waals surface area contributed by atoms with Gasteiger partial charge in [-0.1, -0.05) is 111 Å². The van der Waals surface area contributed by atoms with Gasteiger partial charge in [0.2, 0.25) is 0 Å². The third-order valence-corrected chi connectivity index (χ3v) is 14.5. The van der Waals surface area contributed by atoms with E-state index in [1.807, 2.05) is 60.3 Å². The van der Waals surface area contributed by atoms with E-state index in [9.17, 15) is 10.5 Å². The summed E-state index contributed by atoms with van der Waals surface area (Å²) >= 11 is 1.87. The zero-order chi connectivity index (χ0) is 42.7. The fourth-order valence-electron chi connectivity index (χ4n) is 8.32. The molecule has 0 aliphatic heterocycles. The van der Waals surface area contributed by atoms with Crippen LogP contribution >= 0.6 is 11.8 Å². The number of fused-ring (bicyclic) bond motifs is 3. The minimum absolute atomic E-state index is 0.216. The summed E-state index contributed by atoms with van der Waals surface area (Å²) in [6.07, 6.45) is 7.59. The van der Waals surface area contributed by atoms with Crippen molar-refractivity contribution >= 4 is 71.3 Å². The molecule has 0 spiro atoms. The number of rotatable bonds is 12. The number of thioether (sulfide) groups is 1. The lowest BCUT2D eigenvalue weighted by molar-refractivity contribution is 0.660. The molecule has 300 valence electrons. The molecule has 0 radical (unpaired) electrons. The summed E-state index contributed by atoms with van der Waals surface area (Å²) in [7, 11) is -1.45. The molecule has 0 aromatic heterocycles. The quantitative estimate of drug-likeness (QED) is 0.0907. The van der Waals surface area contributed by atoms with Gasteiger partial charge in [-0.3, -0.25) is 0 Å². The molecule has 0 fully saturated rings. The van der Waals surface area contributed by atoms with Crippen LogP contribution in [-0.2, 0) is 11.8 Å². The fraction of sp³-hybridized carbons (Fsp3) is 0.164. The van der Waals surface area contributed by atoms with Crippen LogP contribution < -0.4 is 15.0 Å². The van der Waals surface area contributed by atoms with Crippen LogP contribution in [0.3, 0.4) is 0 Å². The maximum atomic E-state index is 9.52. The van der Waals surface area contributed by atoms with Crippen molar-refractivity contribution in [2.45, 2.75) is 45.3 Å². The van der Waals surface area contributed by atoms with E-state index in [2.05, 4.69) is 183 Å². The molecule has 0 bridgehead atoms. The van der Waals surface area contributed by atoms with Gasteiger partial charge in [-0.15, -0.1) is 0 Å². The lowest BCUT2D eigenvalue weighted by Gasteiger charge is -2.28. The number of hydrogen-bond donors (Lipinski definition) is 0. The summed E-state index contributed by atoms with van der Waals surface area (Å²) < 4.78 is 0. The molecule has 7 aromatic carbocycles. The number of anilines is 6.